The Bertz CT molecular complexity index is 459. The third-order valence-electron chi connectivity index (χ3n) is 2.45. The number of rotatable bonds is 5. The third-order valence-corrected chi connectivity index (χ3v) is 2.45. The van der Waals surface area contributed by atoms with Crippen LogP contribution in [-0.4, -0.2) is 16.5 Å². The highest BCUT2D eigenvalue weighted by molar-refractivity contribution is 5.17. The summed E-state index contributed by atoms with van der Waals surface area (Å²) >= 11 is 0. The molecule has 88 valence electrons. The number of halogens is 1. The van der Waals surface area contributed by atoms with Crippen LogP contribution in [0.3, 0.4) is 0 Å². The molecule has 4 heteroatoms. The topological polar surface area (TPSA) is 37.8 Å². The molecule has 17 heavy (non-hydrogen) atoms. The molecule has 0 spiro atoms. The van der Waals surface area contributed by atoms with Crippen LogP contribution in [0, 0.1) is 5.82 Å². The van der Waals surface area contributed by atoms with Crippen LogP contribution in [0.5, 0.6) is 0 Å². The molecular formula is C13H14FN3. The van der Waals surface area contributed by atoms with Gasteiger partial charge in [0.2, 0.25) is 0 Å². The van der Waals surface area contributed by atoms with Crippen molar-refractivity contribution in [3.8, 4) is 0 Å². The zero-order valence-corrected chi connectivity index (χ0v) is 9.44. The summed E-state index contributed by atoms with van der Waals surface area (Å²) in [5.74, 6) is -0.145. The van der Waals surface area contributed by atoms with E-state index in [-0.39, 0.29) is 5.82 Å². The lowest BCUT2D eigenvalue weighted by atomic mass is 10.1. The fraction of sp³-hybridized carbons (Fsp3) is 0.231. The van der Waals surface area contributed by atoms with Crippen molar-refractivity contribution < 1.29 is 4.39 Å². The molecule has 2 aromatic rings. The van der Waals surface area contributed by atoms with Crippen LogP contribution in [0.2, 0.25) is 0 Å². The van der Waals surface area contributed by atoms with E-state index in [1.54, 1.807) is 30.7 Å². The van der Waals surface area contributed by atoms with Crippen molar-refractivity contribution >= 4 is 0 Å². The number of hydrogen-bond acceptors (Lipinski definition) is 3. The van der Waals surface area contributed by atoms with Crippen LogP contribution < -0.4 is 5.32 Å². The van der Waals surface area contributed by atoms with Crippen molar-refractivity contribution in [2.75, 3.05) is 6.54 Å². The molecule has 0 amide bonds. The standard InChI is InChI=1S/C13H14FN3/c14-13-4-2-1-3-11(13)5-6-15-9-12-10-16-7-8-17-12/h1-4,7-8,10,15H,5-6,9H2. The minimum atomic E-state index is -0.145. The van der Waals surface area contributed by atoms with Crippen molar-refractivity contribution in [1.82, 2.24) is 15.3 Å². The molecular weight excluding hydrogens is 217 g/mol. The molecule has 0 aliphatic rings. The van der Waals surface area contributed by atoms with Crippen molar-refractivity contribution in [2.24, 2.45) is 0 Å². The lowest BCUT2D eigenvalue weighted by molar-refractivity contribution is 0.596. The number of hydrogen-bond donors (Lipinski definition) is 1. The summed E-state index contributed by atoms with van der Waals surface area (Å²) in [6.45, 7) is 1.37. The third kappa shape index (κ3) is 3.60. The Morgan fingerprint density at radius 3 is 2.82 bits per heavy atom. The lowest BCUT2D eigenvalue weighted by Gasteiger charge is -2.05. The van der Waals surface area contributed by atoms with Crippen LogP contribution in [0.15, 0.2) is 42.9 Å². The zero-order chi connectivity index (χ0) is 11.9. The molecule has 1 heterocycles. The van der Waals surface area contributed by atoms with E-state index in [9.17, 15) is 4.39 Å². The van der Waals surface area contributed by atoms with Gasteiger partial charge in [-0.25, -0.2) is 4.39 Å². The van der Waals surface area contributed by atoms with Gasteiger partial charge in [-0.2, -0.15) is 0 Å². The van der Waals surface area contributed by atoms with E-state index in [0.29, 0.717) is 13.0 Å². The quantitative estimate of drug-likeness (QED) is 0.799. The van der Waals surface area contributed by atoms with Gasteiger partial charge < -0.3 is 5.32 Å². The second-order valence-electron chi connectivity index (χ2n) is 3.71. The summed E-state index contributed by atoms with van der Waals surface area (Å²) in [7, 11) is 0. The maximum atomic E-state index is 13.3. The van der Waals surface area contributed by atoms with Crippen LogP contribution in [-0.2, 0) is 13.0 Å². The van der Waals surface area contributed by atoms with Gasteiger partial charge in [0.25, 0.3) is 0 Å². The maximum absolute atomic E-state index is 13.3. The van der Waals surface area contributed by atoms with Gasteiger partial charge in [-0.1, -0.05) is 18.2 Å². The highest BCUT2D eigenvalue weighted by Crippen LogP contribution is 2.06. The Kier molecular flexibility index (Phi) is 4.16. The van der Waals surface area contributed by atoms with Crippen LogP contribution in [0.4, 0.5) is 4.39 Å². The van der Waals surface area contributed by atoms with E-state index < -0.39 is 0 Å². The van der Waals surface area contributed by atoms with E-state index in [0.717, 1.165) is 17.8 Å². The number of benzene rings is 1. The highest BCUT2D eigenvalue weighted by atomic mass is 19.1. The monoisotopic (exact) mass is 231 g/mol. The minimum absolute atomic E-state index is 0.145. The van der Waals surface area contributed by atoms with E-state index in [4.69, 9.17) is 0 Å². The van der Waals surface area contributed by atoms with Crippen molar-refractivity contribution in [1.29, 1.82) is 0 Å². The first-order valence-electron chi connectivity index (χ1n) is 5.55. The maximum Gasteiger partial charge on any atom is 0.126 e. The number of aromatic nitrogens is 2. The van der Waals surface area contributed by atoms with Gasteiger partial charge in [-0.05, 0) is 24.6 Å². The Labute approximate surface area is 99.7 Å². The van der Waals surface area contributed by atoms with Crippen LogP contribution in [0.25, 0.3) is 0 Å². The molecule has 0 atom stereocenters. The summed E-state index contributed by atoms with van der Waals surface area (Å²) in [6.07, 6.45) is 5.69. The fourth-order valence-electron chi connectivity index (χ4n) is 1.56. The summed E-state index contributed by atoms with van der Waals surface area (Å²) in [5.41, 5.74) is 1.63. The van der Waals surface area contributed by atoms with E-state index >= 15 is 0 Å². The number of nitrogens with zero attached hydrogens (tertiary/aromatic N) is 2. The Morgan fingerprint density at radius 2 is 2.06 bits per heavy atom. The molecule has 1 aromatic heterocycles. The van der Waals surface area contributed by atoms with E-state index in [1.807, 2.05) is 6.07 Å². The average Bonchev–Trinajstić information content (AvgIpc) is 2.38. The Hall–Kier alpha value is -1.81. The molecule has 0 bridgehead atoms. The summed E-state index contributed by atoms with van der Waals surface area (Å²) in [4.78, 5) is 8.11. The first kappa shape index (κ1) is 11.7. The Balaban J connectivity index is 1.76. The second-order valence-corrected chi connectivity index (χ2v) is 3.71. The van der Waals surface area contributed by atoms with Crippen molar-refractivity contribution in [3.05, 3.63) is 59.9 Å². The zero-order valence-electron chi connectivity index (χ0n) is 9.44. The van der Waals surface area contributed by atoms with Gasteiger partial charge in [0.05, 0.1) is 5.69 Å². The van der Waals surface area contributed by atoms with Gasteiger partial charge in [0.15, 0.2) is 0 Å². The van der Waals surface area contributed by atoms with Gasteiger partial charge in [0.1, 0.15) is 5.82 Å². The molecule has 0 aliphatic carbocycles. The summed E-state index contributed by atoms with van der Waals surface area (Å²) in [6, 6.07) is 6.84. The molecule has 3 nitrogen and oxygen atoms in total. The predicted octanol–water partition coefficient (Wildman–Crippen LogP) is 1.95. The van der Waals surface area contributed by atoms with Gasteiger partial charge in [-0.15, -0.1) is 0 Å². The summed E-state index contributed by atoms with van der Waals surface area (Å²) in [5, 5.41) is 3.21. The van der Waals surface area contributed by atoms with E-state index in [1.165, 1.54) is 6.07 Å². The van der Waals surface area contributed by atoms with Crippen molar-refractivity contribution in [2.45, 2.75) is 13.0 Å². The van der Waals surface area contributed by atoms with Gasteiger partial charge in [-0.3, -0.25) is 9.97 Å². The molecule has 0 unspecified atom stereocenters. The van der Waals surface area contributed by atoms with Gasteiger partial charge >= 0.3 is 0 Å². The fourth-order valence-corrected chi connectivity index (χ4v) is 1.56. The molecule has 0 radical (unpaired) electrons. The predicted molar refractivity (Wildman–Crippen MR) is 63.8 cm³/mol. The van der Waals surface area contributed by atoms with Crippen LogP contribution >= 0.6 is 0 Å². The molecule has 0 fully saturated rings. The average molecular weight is 231 g/mol. The highest BCUT2D eigenvalue weighted by Gasteiger charge is 1.99. The second kappa shape index (κ2) is 6.06. The SMILES string of the molecule is Fc1ccccc1CCNCc1cnccn1. The van der Waals surface area contributed by atoms with Crippen molar-refractivity contribution in [3.63, 3.8) is 0 Å². The molecule has 0 aliphatic heterocycles. The normalized spacial score (nSPS) is 10.4. The van der Waals surface area contributed by atoms with E-state index in [2.05, 4.69) is 15.3 Å². The largest absolute Gasteiger partial charge is 0.311 e. The molecule has 0 saturated carbocycles. The minimum Gasteiger partial charge on any atom is -0.311 e. The van der Waals surface area contributed by atoms with Gasteiger partial charge in [0, 0.05) is 25.1 Å². The summed E-state index contributed by atoms with van der Waals surface area (Å²) < 4.78 is 13.3. The smallest absolute Gasteiger partial charge is 0.126 e. The molecule has 2 rings (SSSR count). The van der Waals surface area contributed by atoms with Crippen LogP contribution in [0.1, 0.15) is 11.3 Å². The first-order chi connectivity index (χ1) is 8.36. The molecule has 1 N–H and O–H groups in total. The number of nitrogens with one attached hydrogen (secondary N) is 1. The Morgan fingerprint density at radius 1 is 1.18 bits per heavy atom. The lowest BCUT2D eigenvalue weighted by Crippen LogP contribution is -2.17. The molecule has 0 saturated heterocycles. The first-order valence-corrected chi connectivity index (χ1v) is 5.55. The molecule has 1 aromatic carbocycles.